The van der Waals surface area contributed by atoms with Gasteiger partial charge in [0.05, 0.1) is 13.0 Å². The summed E-state index contributed by atoms with van der Waals surface area (Å²) in [4.78, 5) is 12.4. The third kappa shape index (κ3) is 4.27. The van der Waals surface area contributed by atoms with Crippen LogP contribution in [0.1, 0.15) is 24.5 Å². The number of carbonyl (C=O) groups excluding carboxylic acids is 1. The Hall–Kier alpha value is -0.960. The monoisotopic (exact) mass is 238 g/mol. The molecule has 0 spiro atoms. The minimum Gasteiger partial charge on any atom is -0.466 e. The molecular weight excluding hydrogens is 220 g/mol. The number of hydrogen-bond acceptors (Lipinski definition) is 3. The molecule has 0 fully saturated rings. The van der Waals surface area contributed by atoms with Crippen LogP contribution in [0.2, 0.25) is 0 Å². The molecule has 0 aliphatic heterocycles. The van der Waals surface area contributed by atoms with Crippen molar-refractivity contribution in [3.63, 3.8) is 0 Å². The summed E-state index contributed by atoms with van der Waals surface area (Å²) in [5, 5.41) is 0. The fourth-order valence-electron chi connectivity index (χ4n) is 1.34. The van der Waals surface area contributed by atoms with Crippen LogP contribution in [-0.2, 0) is 9.53 Å². The molecule has 0 aliphatic carbocycles. The standard InChI is InChI=1S/C13H18O2S/c1-4-15-13(14)7-8-16-12-9-10(2)5-6-11(12)3/h5-6,9H,4,7-8H2,1-3H3. The normalized spacial score (nSPS) is 10.2. The summed E-state index contributed by atoms with van der Waals surface area (Å²) < 4.78 is 4.88. The second-order valence-corrected chi connectivity index (χ2v) is 4.81. The highest BCUT2D eigenvalue weighted by atomic mass is 32.2. The van der Waals surface area contributed by atoms with Crippen LogP contribution in [0.15, 0.2) is 23.1 Å². The molecule has 1 rings (SSSR count). The third-order valence-corrected chi connectivity index (χ3v) is 3.37. The van der Waals surface area contributed by atoms with Crippen LogP contribution in [-0.4, -0.2) is 18.3 Å². The number of carbonyl (C=O) groups is 1. The van der Waals surface area contributed by atoms with Gasteiger partial charge >= 0.3 is 5.97 Å². The molecule has 2 nitrogen and oxygen atoms in total. The van der Waals surface area contributed by atoms with Gasteiger partial charge in [-0.25, -0.2) is 0 Å². The molecule has 0 saturated heterocycles. The summed E-state index contributed by atoms with van der Waals surface area (Å²) in [5.74, 6) is 0.670. The van der Waals surface area contributed by atoms with Crippen molar-refractivity contribution in [3.05, 3.63) is 29.3 Å². The van der Waals surface area contributed by atoms with Gasteiger partial charge in [0.25, 0.3) is 0 Å². The summed E-state index contributed by atoms with van der Waals surface area (Å²) in [6, 6.07) is 6.37. The van der Waals surface area contributed by atoms with E-state index in [4.69, 9.17) is 4.74 Å². The molecule has 16 heavy (non-hydrogen) atoms. The van der Waals surface area contributed by atoms with Gasteiger partial charge in [-0.2, -0.15) is 0 Å². The van der Waals surface area contributed by atoms with Crippen LogP contribution in [0.4, 0.5) is 0 Å². The molecule has 0 radical (unpaired) electrons. The Labute approximate surface area is 101 Å². The molecule has 0 atom stereocenters. The molecule has 0 aromatic heterocycles. The van der Waals surface area contributed by atoms with E-state index in [0.29, 0.717) is 13.0 Å². The van der Waals surface area contributed by atoms with Gasteiger partial charge < -0.3 is 4.74 Å². The van der Waals surface area contributed by atoms with E-state index in [1.807, 2.05) is 6.92 Å². The minimum absolute atomic E-state index is 0.111. The second kappa shape index (κ2) is 6.59. The van der Waals surface area contributed by atoms with Crippen LogP contribution in [0.5, 0.6) is 0 Å². The summed E-state index contributed by atoms with van der Waals surface area (Å²) in [6.07, 6.45) is 0.478. The van der Waals surface area contributed by atoms with E-state index in [1.54, 1.807) is 11.8 Å². The van der Waals surface area contributed by atoms with E-state index < -0.39 is 0 Å². The molecule has 0 unspecified atom stereocenters. The number of ether oxygens (including phenoxy) is 1. The lowest BCUT2D eigenvalue weighted by atomic mass is 10.2. The van der Waals surface area contributed by atoms with E-state index in [1.165, 1.54) is 16.0 Å². The van der Waals surface area contributed by atoms with Crippen LogP contribution in [0.3, 0.4) is 0 Å². The van der Waals surface area contributed by atoms with Crippen molar-refractivity contribution in [1.29, 1.82) is 0 Å². The topological polar surface area (TPSA) is 26.3 Å². The zero-order valence-electron chi connectivity index (χ0n) is 10.1. The Morgan fingerprint density at radius 3 is 2.81 bits per heavy atom. The maximum absolute atomic E-state index is 11.1. The maximum atomic E-state index is 11.1. The Balaban J connectivity index is 2.42. The predicted octanol–water partition coefficient (Wildman–Crippen LogP) is 3.35. The lowest BCUT2D eigenvalue weighted by Gasteiger charge is -2.06. The Morgan fingerprint density at radius 1 is 1.38 bits per heavy atom. The smallest absolute Gasteiger partial charge is 0.306 e. The molecule has 0 aliphatic rings. The molecule has 0 heterocycles. The van der Waals surface area contributed by atoms with Crippen molar-refractivity contribution in [3.8, 4) is 0 Å². The van der Waals surface area contributed by atoms with Gasteiger partial charge in [-0.15, -0.1) is 11.8 Å². The van der Waals surface area contributed by atoms with Crippen LogP contribution in [0.25, 0.3) is 0 Å². The summed E-state index contributed by atoms with van der Waals surface area (Å²) in [7, 11) is 0. The first-order valence-corrected chi connectivity index (χ1v) is 6.47. The molecule has 1 aromatic carbocycles. The molecule has 0 amide bonds. The quantitative estimate of drug-likeness (QED) is 0.581. The van der Waals surface area contributed by atoms with Gasteiger partial charge in [-0.05, 0) is 32.4 Å². The molecule has 0 bridgehead atoms. The number of benzene rings is 1. The van der Waals surface area contributed by atoms with E-state index in [0.717, 1.165) is 5.75 Å². The van der Waals surface area contributed by atoms with Gasteiger partial charge in [0, 0.05) is 10.6 Å². The van der Waals surface area contributed by atoms with Gasteiger partial charge in [-0.3, -0.25) is 4.79 Å². The zero-order chi connectivity index (χ0) is 12.0. The van der Waals surface area contributed by atoms with Crippen LogP contribution in [0, 0.1) is 13.8 Å². The first-order chi connectivity index (χ1) is 7.63. The highest BCUT2D eigenvalue weighted by molar-refractivity contribution is 7.99. The van der Waals surface area contributed by atoms with E-state index in [2.05, 4.69) is 32.0 Å². The molecule has 3 heteroatoms. The zero-order valence-corrected chi connectivity index (χ0v) is 10.9. The molecule has 0 saturated carbocycles. The molecular formula is C13H18O2S. The molecule has 0 N–H and O–H groups in total. The minimum atomic E-state index is -0.111. The number of esters is 1. The van der Waals surface area contributed by atoms with Gasteiger partial charge in [0.1, 0.15) is 0 Å². The largest absolute Gasteiger partial charge is 0.466 e. The lowest BCUT2D eigenvalue weighted by molar-refractivity contribution is -0.142. The number of hydrogen-bond donors (Lipinski definition) is 0. The van der Waals surface area contributed by atoms with Gasteiger partial charge in [0.15, 0.2) is 0 Å². The van der Waals surface area contributed by atoms with Gasteiger partial charge in [-0.1, -0.05) is 17.7 Å². The van der Waals surface area contributed by atoms with Crippen molar-refractivity contribution < 1.29 is 9.53 Å². The Kier molecular flexibility index (Phi) is 5.39. The van der Waals surface area contributed by atoms with Crippen LogP contribution >= 0.6 is 11.8 Å². The van der Waals surface area contributed by atoms with Crippen molar-refractivity contribution >= 4 is 17.7 Å². The van der Waals surface area contributed by atoms with Crippen molar-refractivity contribution in [2.24, 2.45) is 0 Å². The average Bonchev–Trinajstić information content (AvgIpc) is 2.23. The summed E-state index contributed by atoms with van der Waals surface area (Å²) >= 11 is 1.71. The molecule has 1 aromatic rings. The number of aryl methyl sites for hydroxylation is 2. The Morgan fingerprint density at radius 2 is 2.12 bits per heavy atom. The first kappa shape index (κ1) is 13.1. The van der Waals surface area contributed by atoms with Crippen molar-refractivity contribution in [2.75, 3.05) is 12.4 Å². The van der Waals surface area contributed by atoms with E-state index >= 15 is 0 Å². The van der Waals surface area contributed by atoms with Crippen molar-refractivity contribution in [2.45, 2.75) is 32.1 Å². The first-order valence-electron chi connectivity index (χ1n) is 5.49. The van der Waals surface area contributed by atoms with E-state index in [-0.39, 0.29) is 5.97 Å². The SMILES string of the molecule is CCOC(=O)CCSc1cc(C)ccc1C. The van der Waals surface area contributed by atoms with Crippen molar-refractivity contribution in [1.82, 2.24) is 0 Å². The van der Waals surface area contributed by atoms with Crippen LogP contribution < -0.4 is 0 Å². The fourth-order valence-corrected chi connectivity index (χ4v) is 2.39. The fraction of sp³-hybridized carbons (Fsp3) is 0.462. The summed E-state index contributed by atoms with van der Waals surface area (Å²) in [6.45, 7) is 6.46. The Bertz CT molecular complexity index is 361. The number of thioether (sulfide) groups is 1. The highest BCUT2D eigenvalue weighted by Crippen LogP contribution is 2.24. The lowest BCUT2D eigenvalue weighted by Crippen LogP contribution is -2.04. The summed E-state index contributed by atoms with van der Waals surface area (Å²) in [5.41, 5.74) is 2.52. The molecule has 88 valence electrons. The third-order valence-electron chi connectivity index (χ3n) is 2.21. The van der Waals surface area contributed by atoms with Gasteiger partial charge in [0.2, 0.25) is 0 Å². The average molecular weight is 238 g/mol. The second-order valence-electron chi connectivity index (χ2n) is 3.67. The maximum Gasteiger partial charge on any atom is 0.306 e. The van der Waals surface area contributed by atoms with E-state index in [9.17, 15) is 4.79 Å². The highest BCUT2D eigenvalue weighted by Gasteiger charge is 2.04. The number of rotatable bonds is 5. The predicted molar refractivity (Wildman–Crippen MR) is 67.9 cm³/mol.